The third-order valence-corrected chi connectivity index (χ3v) is 5.13. The second-order valence-electron chi connectivity index (χ2n) is 7.27. The molecule has 0 unspecified atom stereocenters. The third kappa shape index (κ3) is 5.59. The van der Waals surface area contributed by atoms with Crippen LogP contribution in [-0.2, 0) is 6.42 Å². The molecule has 1 aliphatic rings. The Balaban J connectivity index is 1.40. The highest BCUT2D eigenvalue weighted by atomic mass is 16.6. The van der Waals surface area contributed by atoms with Gasteiger partial charge >= 0.3 is 6.09 Å². The summed E-state index contributed by atoms with van der Waals surface area (Å²) in [6, 6.07) is 16.9. The summed E-state index contributed by atoms with van der Waals surface area (Å²) < 4.78 is 5.39. The Morgan fingerprint density at radius 2 is 1.71 bits per heavy atom. The van der Waals surface area contributed by atoms with Gasteiger partial charge in [0, 0.05) is 25.2 Å². The van der Waals surface area contributed by atoms with Crippen LogP contribution in [0.15, 0.2) is 54.6 Å². The van der Waals surface area contributed by atoms with Crippen molar-refractivity contribution in [2.24, 2.45) is 5.92 Å². The van der Waals surface area contributed by atoms with Crippen LogP contribution in [0.1, 0.15) is 42.1 Å². The van der Waals surface area contributed by atoms with Gasteiger partial charge in [-0.15, -0.1) is 0 Å². The Bertz CT molecular complexity index is 766. The number of piperidine rings is 1. The van der Waals surface area contributed by atoms with Crippen LogP contribution in [0.4, 0.5) is 4.79 Å². The van der Waals surface area contributed by atoms with Crippen molar-refractivity contribution in [3.05, 3.63) is 65.7 Å². The predicted molar refractivity (Wildman–Crippen MR) is 110 cm³/mol. The van der Waals surface area contributed by atoms with Crippen molar-refractivity contribution < 1.29 is 14.3 Å². The van der Waals surface area contributed by atoms with Gasteiger partial charge < -0.3 is 15.0 Å². The van der Waals surface area contributed by atoms with Gasteiger partial charge in [-0.3, -0.25) is 4.79 Å². The minimum Gasteiger partial charge on any atom is -0.410 e. The molecule has 0 atom stereocenters. The van der Waals surface area contributed by atoms with E-state index in [2.05, 4.69) is 12.2 Å². The molecule has 2 aromatic carbocycles. The summed E-state index contributed by atoms with van der Waals surface area (Å²) in [6.07, 6.45) is 3.55. The molecule has 0 spiro atoms. The largest absolute Gasteiger partial charge is 0.415 e. The fraction of sp³-hybridized carbons (Fsp3) is 0.391. The number of nitrogens with zero attached hydrogens (tertiary/aromatic N) is 1. The molecule has 3 rings (SSSR count). The number of para-hydroxylation sites is 1. The van der Waals surface area contributed by atoms with Crippen LogP contribution < -0.4 is 10.1 Å². The average molecular weight is 380 g/mol. The first-order valence-corrected chi connectivity index (χ1v) is 10.0. The summed E-state index contributed by atoms with van der Waals surface area (Å²) in [6.45, 7) is 4.08. The van der Waals surface area contributed by atoms with Gasteiger partial charge in [0.1, 0.15) is 5.75 Å². The van der Waals surface area contributed by atoms with Crippen molar-refractivity contribution in [3.63, 3.8) is 0 Å². The molecule has 1 heterocycles. The SMILES string of the molecule is CCCc1ccc(C(=O)NCC2CCN(C(=O)Oc3ccccc3)CC2)cc1. The van der Waals surface area contributed by atoms with Crippen LogP contribution in [0.25, 0.3) is 0 Å². The number of rotatable bonds is 6. The number of likely N-dealkylation sites (tertiary alicyclic amines) is 1. The molecule has 0 radical (unpaired) electrons. The monoisotopic (exact) mass is 380 g/mol. The molecule has 0 aliphatic carbocycles. The number of benzene rings is 2. The lowest BCUT2D eigenvalue weighted by molar-refractivity contribution is 0.0931. The molecule has 1 fully saturated rings. The van der Waals surface area contributed by atoms with Gasteiger partial charge in [0.2, 0.25) is 0 Å². The fourth-order valence-electron chi connectivity index (χ4n) is 3.42. The lowest BCUT2D eigenvalue weighted by Crippen LogP contribution is -2.42. The van der Waals surface area contributed by atoms with E-state index in [9.17, 15) is 9.59 Å². The molecule has 28 heavy (non-hydrogen) atoms. The predicted octanol–water partition coefficient (Wildman–Crippen LogP) is 4.28. The molecule has 148 valence electrons. The van der Waals surface area contributed by atoms with E-state index in [0.717, 1.165) is 25.7 Å². The summed E-state index contributed by atoms with van der Waals surface area (Å²) >= 11 is 0. The second-order valence-corrected chi connectivity index (χ2v) is 7.27. The van der Waals surface area contributed by atoms with Crippen LogP contribution in [0.5, 0.6) is 5.75 Å². The standard InChI is InChI=1S/C23H28N2O3/c1-2-6-18-9-11-20(12-10-18)22(26)24-17-19-13-15-25(16-14-19)23(27)28-21-7-4-3-5-8-21/h3-5,7-12,19H,2,6,13-17H2,1H3,(H,24,26). The highest BCUT2D eigenvalue weighted by Gasteiger charge is 2.24. The van der Waals surface area contributed by atoms with Gasteiger partial charge in [-0.05, 0) is 55.0 Å². The van der Waals surface area contributed by atoms with Crippen LogP contribution in [0.3, 0.4) is 0 Å². The van der Waals surface area contributed by atoms with Crippen LogP contribution in [-0.4, -0.2) is 36.5 Å². The molecule has 5 nitrogen and oxygen atoms in total. The zero-order valence-electron chi connectivity index (χ0n) is 16.4. The Hall–Kier alpha value is -2.82. The van der Waals surface area contributed by atoms with E-state index >= 15 is 0 Å². The molecule has 2 aromatic rings. The molecular formula is C23H28N2O3. The molecule has 0 bridgehead atoms. The Morgan fingerprint density at radius 3 is 2.36 bits per heavy atom. The van der Waals surface area contributed by atoms with Gasteiger partial charge in [0.05, 0.1) is 0 Å². The smallest absolute Gasteiger partial charge is 0.410 e. The number of ether oxygens (including phenoxy) is 1. The molecule has 2 amide bonds. The fourth-order valence-corrected chi connectivity index (χ4v) is 3.42. The maximum Gasteiger partial charge on any atom is 0.415 e. The summed E-state index contributed by atoms with van der Waals surface area (Å²) in [4.78, 5) is 26.3. The van der Waals surface area contributed by atoms with E-state index < -0.39 is 0 Å². The topological polar surface area (TPSA) is 58.6 Å². The number of nitrogens with one attached hydrogen (secondary N) is 1. The summed E-state index contributed by atoms with van der Waals surface area (Å²) in [5, 5.41) is 3.03. The maximum atomic E-state index is 12.3. The zero-order chi connectivity index (χ0) is 19.8. The van der Waals surface area contributed by atoms with E-state index in [-0.39, 0.29) is 12.0 Å². The van der Waals surface area contributed by atoms with E-state index in [1.165, 1.54) is 5.56 Å². The number of carbonyl (C=O) groups is 2. The number of amides is 2. The average Bonchev–Trinajstić information content (AvgIpc) is 2.74. The van der Waals surface area contributed by atoms with Gasteiger partial charge in [-0.2, -0.15) is 0 Å². The Kier molecular flexibility index (Phi) is 7.06. The van der Waals surface area contributed by atoms with Gasteiger partial charge in [0.25, 0.3) is 5.91 Å². The minimum atomic E-state index is -0.305. The van der Waals surface area contributed by atoms with Crippen molar-refractivity contribution >= 4 is 12.0 Å². The summed E-state index contributed by atoms with van der Waals surface area (Å²) in [5.41, 5.74) is 1.96. The van der Waals surface area contributed by atoms with E-state index in [1.807, 2.05) is 42.5 Å². The number of hydrogen-bond acceptors (Lipinski definition) is 3. The summed E-state index contributed by atoms with van der Waals surface area (Å²) in [5.74, 6) is 0.907. The van der Waals surface area contributed by atoms with Gasteiger partial charge in [-0.1, -0.05) is 43.7 Å². The van der Waals surface area contributed by atoms with E-state index in [1.54, 1.807) is 17.0 Å². The molecule has 1 saturated heterocycles. The van der Waals surface area contributed by atoms with Crippen molar-refractivity contribution in [1.29, 1.82) is 0 Å². The first kappa shape index (κ1) is 19.9. The zero-order valence-corrected chi connectivity index (χ0v) is 16.4. The number of hydrogen-bond donors (Lipinski definition) is 1. The highest BCUT2D eigenvalue weighted by molar-refractivity contribution is 5.94. The minimum absolute atomic E-state index is 0.0334. The van der Waals surface area contributed by atoms with Crippen molar-refractivity contribution in [2.75, 3.05) is 19.6 Å². The van der Waals surface area contributed by atoms with Crippen LogP contribution in [0, 0.1) is 5.92 Å². The number of aryl methyl sites for hydroxylation is 1. The Labute approximate surface area is 166 Å². The quantitative estimate of drug-likeness (QED) is 0.814. The lowest BCUT2D eigenvalue weighted by Gasteiger charge is -2.31. The second kappa shape index (κ2) is 9.93. The molecular weight excluding hydrogens is 352 g/mol. The highest BCUT2D eigenvalue weighted by Crippen LogP contribution is 2.19. The van der Waals surface area contributed by atoms with Crippen molar-refractivity contribution in [1.82, 2.24) is 10.2 Å². The summed E-state index contributed by atoms with van der Waals surface area (Å²) in [7, 11) is 0. The van der Waals surface area contributed by atoms with E-state index in [0.29, 0.717) is 36.9 Å². The van der Waals surface area contributed by atoms with Gasteiger partial charge in [-0.25, -0.2) is 4.79 Å². The molecule has 0 aromatic heterocycles. The molecule has 0 saturated carbocycles. The third-order valence-electron chi connectivity index (χ3n) is 5.13. The molecule has 1 aliphatic heterocycles. The Morgan fingerprint density at radius 1 is 1.04 bits per heavy atom. The lowest BCUT2D eigenvalue weighted by atomic mass is 9.97. The van der Waals surface area contributed by atoms with Gasteiger partial charge in [0.15, 0.2) is 0 Å². The first-order valence-electron chi connectivity index (χ1n) is 10.0. The number of carbonyl (C=O) groups excluding carboxylic acids is 2. The maximum absolute atomic E-state index is 12.3. The molecule has 1 N–H and O–H groups in total. The first-order chi connectivity index (χ1) is 13.7. The van der Waals surface area contributed by atoms with Crippen LogP contribution >= 0.6 is 0 Å². The van der Waals surface area contributed by atoms with E-state index in [4.69, 9.17) is 4.74 Å². The van der Waals surface area contributed by atoms with Crippen molar-refractivity contribution in [3.8, 4) is 5.75 Å². The molecule has 5 heteroatoms. The normalized spacial score (nSPS) is 14.5. The van der Waals surface area contributed by atoms with Crippen molar-refractivity contribution in [2.45, 2.75) is 32.6 Å². The van der Waals surface area contributed by atoms with Crippen LogP contribution in [0.2, 0.25) is 0 Å².